The van der Waals surface area contributed by atoms with Gasteiger partial charge in [-0.05, 0) is 17.7 Å². The maximum absolute atomic E-state index is 12.1. The molecule has 2 N–H and O–H groups in total. The minimum Gasteiger partial charge on any atom is -0.374 e. The van der Waals surface area contributed by atoms with E-state index in [1.54, 1.807) is 15.8 Å². The van der Waals surface area contributed by atoms with Crippen LogP contribution in [0.5, 0.6) is 0 Å². The summed E-state index contributed by atoms with van der Waals surface area (Å²) in [5.74, 6) is -0.702. The summed E-state index contributed by atoms with van der Waals surface area (Å²) in [5.41, 5.74) is 6.50. The van der Waals surface area contributed by atoms with Crippen LogP contribution in [0, 0.1) is 0 Å². The summed E-state index contributed by atoms with van der Waals surface area (Å²) in [7, 11) is 0. The number of halogens is 2. The Morgan fingerprint density at radius 2 is 2.21 bits per heavy atom. The number of aromatic nitrogens is 1. The fourth-order valence-electron chi connectivity index (χ4n) is 2.85. The summed E-state index contributed by atoms with van der Waals surface area (Å²) in [6.07, 6.45) is -0.140. The number of nitrogens with zero attached hydrogens (tertiary/aromatic N) is 3. The van der Waals surface area contributed by atoms with Gasteiger partial charge in [0.2, 0.25) is 5.91 Å². The Bertz CT molecular complexity index is 896. The summed E-state index contributed by atoms with van der Waals surface area (Å²) in [4.78, 5) is 29.7. The lowest BCUT2D eigenvalue weighted by molar-refractivity contribution is -0.126. The van der Waals surface area contributed by atoms with E-state index < -0.39 is 5.91 Å². The van der Waals surface area contributed by atoms with Gasteiger partial charge < -0.3 is 10.5 Å². The number of morpholine rings is 1. The van der Waals surface area contributed by atoms with Crippen LogP contribution in [0.3, 0.4) is 0 Å². The molecule has 156 valence electrons. The van der Waals surface area contributed by atoms with Gasteiger partial charge >= 0.3 is 0 Å². The Hall–Kier alpha value is -1.36. The third kappa shape index (κ3) is 6.31. The molecule has 1 aromatic carbocycles. The number of carbonyl (C=O) groups is 2. The van der Waals surface area contributed by atoms with Crippen molar-refractivity contribution in [2.45, 2.75) is 23.9 Å². The molecule has 29 heavy (non-hydrogen) atoms. The van der Waals surface area contributed by atoms with Gasteiger partial charge in [0.1, 0.15) is 5.69 Å². The van der Waals surface area contributed by atoms with Gasteiger partial charge in [-0.25, -0.2) is 4.98 Å². The van der Waals surface area contributed by atoms with Crippen LogP contribution >= 0.6 is 46.5 Å². The summed E-state index contributed by atoms with van der Waals surface area (Å²) >= 11 is 14.6. The zero-order valence-electron chi connectivity index (χ0n) is 15.6. The predicted molar refractivity (Wildman–Crippen MR) is 115 cm³/mol. The molecular weight excluding hydrogens is 455 g/mol. The van der Waals surface area contributed by atoms with Gasteiger partial charge in [0, 0.05) is 43.9 Å². The number of benzene rings is 1. The van der Waals surface area contributed by atoms with Crippen LogP contribution in [-0.2, 0) is 16.1 Å². The first-order valence-electron chi connectivity index (χ1n) is 8.81. The van der Waals surface area contributed by atoms with Crippen LogP contribution < -0.4 is 5.73 Å². The third-order valence-corrected chi connectivity index (χ3v) is 7.02. The summed E-state index contributed by atoms with van der Waals surface area (Å²) < 4.78 is 8.04. The van der Waals surface area contributed by atoms with Gasteiger partial charge in [-0.15, -0.1) is 11.3 Å². The molecule has 7 nitrogen and oxygen atoms in total. The first-order chi connectivity index (χ1) is 13.8. The van der Waals surface area contributed by atoms with Gasteiger partial charge in [-0.2, -0.15) is 0 Å². The molecule has 0 bridgehead atoms. The second-order valence-corrected chi connectivity index (χ2v) is 9.45. The lowest BCUT2D eigenvalue weighted by Crippen LogP contribution is -2.46. The molecule has 0 saturated carbocycles. The first-order valence-corrected chi connectivity index (χ1v) is 11.2. The van der Waals surface area contributed by atoms with Crippen LogP contribution in [0.1, 0.15) is 23.0 Å². The molecule has 0 radical (unpaired) electrons. The van der Waals surface area contributed by atoms with E-state index in [-0.39, 0.29) is 17.7 Å². The highest BCUT2D eigenvalue weighted by atomic mass is 35.5. The second kappa shape index (κ2) is 10.1. The van der Waals surface area contributed by atoms with Crippen molar-refractivity contribution in [1.29, 1.82) is 0 Å². The van der Waals surface area contributed by atoms with Crippen molar-refractivity contribution >= 4 is 58.3 Å². The molecule has 1 atom stereocenters. The smallest absolute Gasteiger partial charge is 0.268 e. The largest absolute Gasteiger partial charge is 0.374 e. The number of hydrogen-bond acceptors (Lipinski definition) is 7. The molecule has 1 aromatic heterocycles. The van der Waals surface area contributed by atoms with E-state index in [0.29, 0.717) is 34.1 Å². The highest BCUT2D eigenvalue weighted by molar-refractivity contribution is 7.99. The maximum Gasteiger partial charge on any atom is 0.268 e. The number of carbonyl (C=O) groups excluding carboxylic acids is 2. The van der Waals surface area contributed by atoms with Gasteiger partial charge in [0.05, 0.1) is 29.3 Å². The highest BCUT2D eigenvalue weighted by Gasteiger charge is 2.25. The molecule has 3 rings (SSSR count). The van der Waals surface area contributed by atoms with Crippen LogP contribution in [0.2, 0.25) is 10.0 Å². The summed E-state index contributed by atoms with van der Waals surface area (Å²) in [6.45, 7) is 4.66. The van der Waals surface area contributed by atoms with Crippen molar-refractivity contribution in [3.8, 4) is 0 Å². The minimum atomic E-state index is -0.587. The number of ether oxygens (including phenoxy) is 1. The van der Waals surface area contributed by atoms with Gasteiger partial charge in [0.15, 0.2) is 4.34 Å². The average molecular weight is 475 g/mol. The maximum atomic E-state index is 12.1. The monoisotopic (exact) mass is 474 g/mol. The SMILES string of the molecule is CC(=O)N(C[C@@H]1CN(Cc2ccc(Cl)c(Cl)c2)CCO1)Sc1nc(C(N)=O)cs1. The molecule has 2 amide bonds. The predicted octanol–water partition coefficient (Wildman–Crippen LogP) is 3.31. The van der Waals surface area contributed by atoms with E-state index in [1.165, 1.54) is 30.2 Å². The fraction of sp³-hybridized carbons (Fsp3) is 0.389. The van der Waals surface area contributed by atoms with E-state index in [2.05, 4.69) is 9.88 Å². The van der Waals surface area contributed by atoms with Crippen molar-refractivity contribution in [2.75, 3.05) is 26.2 Å². The fourth-order valence-corrected chi connectivity index (χ4v) is 4.99. The van der Waals surface area contributed by atoms with Crippen molar-refractivity contribution in [3.05, 3.63) is 44.9 Å². The molecule has 11 heteroatoms. The molecule has 1 saturated heterocycles. The zero-order chi connectivity index (χ0) is 21.0. The molecule has 0 aliphatic carbocycles. The van der Waals surface area contributed by atoms with Gasteiger partial charge in [-0.3, -0.25) is 18.8 Å². The lowest BCUT2D eigenvalue weighted by Gasteiger charge is -2.35. The van der Waals surface area contributed by atoms with E-state index in [4.69, 9.17) is 33.7 Å². The summed E-state index contributed by atoms with van der Waals surface area (Å²) in [5, 5.41) is 2.65. The number of hydrogen-bond donors (Lipinski definition) is 1. The Kier molecular flexibility index (Phi) is 7.78. The van der Waals surface area contributed by atoms with E-state index >= 15 is 0 Å². The molecule has 1 fully saturated rings. The van der Waals surface area contributed by atoms with Crippen LogP contribution in [0.15, 0.2) is 27.9 Å². The number of amides is 2. The number of primary amides is 1. The number of thiazole rings is 1. The van der Waals surface area contributed by atoms with Crippen molar-refractivity contribution in [2.24, 2.45) is 5.73 Å². The second-order valence-electron chi connectivity index (χ2n) is 6.51. The zero-order valence-corrected chi connectivity index (χ0v) is 18.8. The summed E-state index contributed by atoms with van der Waals surface area (Å²) in [6, 6.07) is 5.61. The molecule has 0 spiro atoms. The number of rotatable bonds is 7. The van der Waals surface area contributed by atoms with Crippen molar-refractivity contribution in [1.82, 2.24) is 14.2 Å². The minimum absolute atomic E-state index is 0.115. The Balaban J connectivity index is 1.59. The quantitative estimate of drug-likeness (QED) is 0.619. The van der Waals surface area contributed by atoms with Crippen LogP contribution in [-0.4, -0.2) is 58.3 Å². The Labute approximate surface area is 187 Å². The van der Waals surface area contributed by atoms with Crippen LogP contribution in [0.4, 0.5) is 0 Å². The first kappa shape index (κ1) is 22.3. The van der Waals surface area contributed by atoms with Gasteiger partial charge in [-0.1, -0.05) is 29.3 Å². The standard InChI is InChI=1S/C18H20Cl2N4O3S2/c1-11(25)24(29-18-22-16(10-28-18)17(21)26)9-13-8-23(4-5-27-13)7-12-2-3-14(19)15(20)6-12/h2-3,6,10,13H,4-5,7-9H2,1H3,(H2,21,26)/t13-/m0/s1. The lowest BCUT2D eigenvalue weighted by atomic mass is 10.2. The number of nitrogens with two attached hydrogens (primary N) is 1. The molecule has 2 aromatic rings. The Morgan fingerprint density at radius 3 is 2.86 bits per heavy atom. The molecule has 0 unspecified atom stereocenters. The topological polar surface area (TPSA) is 88.8 Å². The molecule has 2 heterocycles. The molecule has 1 aliphatic heterocycles. The van der Waals surface area contributed by atoms with E-state index in [0.717, 1.165) is 18.7 Å². The van der Waals surface area contributed by atoms with E-state index in [9.17, 15) is 9.59 Å². The Morgan fingerprint density at radius 1 is 1.41 bits per heavy atom. The average Bonchev–Trinajstić information content (AvgIpc) is 3.13. The van der Waals surface area contributed by atoms with Gasteiger partial charge in [0.25, 0.3) is 5.91 Å². The van der Waals surface area contributed by atoms with Crippen LogP contribution in [0.25, 0.3) is 0 Å². The molecule has 1 aliphatic rings. The van der Waals surface area contributed by atoms with Crippen molar-refractivity contribution in [3.63, 3.8) is 0 Å². The van der Waals surface area contributed by atoms with E-state index in [1.807, 2.05) is 12.1 Å². The highest BCUT2D eigenvalue weighted by Crippen LogP contribution is 2.28. The normalized spacial score (nSPS) is 17.3. The third-order valence-electron chi connectivity index (χ3n) is 4.26. The molecular formula is C18H20Cl2N4O3S2. The van der Waals surface area contributed by atoms with Crippen molar-refractivity contribution < 1.29 is 14.3 Å².